The molecule has 2 rings (SSSR count). The Balaban J connectivity index is 1.78. The molecule has 0 saturated heterocycles. The summed E-state index contributed by atoms with van der Waals surface area (Å²) < 4.78 is 1.36. The Morgan fingerprint density at radius 1 is 1.05 bits per heavy atom. The molecule has 0 radical (unpaired) electrons. The molecule has 0 aliphatic carbocycles. The van der Waals surface area contributed by atoms with E-state index >= 15 is 0 Å². The second-order valence-electron chi connectivity index (χ2n) is 5.35. The van der Waals surface area contributed by atoms with Crippen LogP contribution in [0.5, 0.6) is 0 Å². The molecule has 104 valence electrons. The Labute approximate surface area is 120 Å². The fourth-order valence-corrected chi connectivity index (χ4v) is 3.57. The third kappa shape index (κ3) is 4.32. The van der Waals surface area contributed by atoms with E-state index in [4.69, 9.17) is 5.73 Å². The van der Waals surface area contributed by atoms with Crippen molar-refractivity contribution in [3.8, 4) is 0 Å². The maximum atomic E-state index is 6.31. The highest BCUT2D eigenvalue weighted by molar-refractivity contribution is 7.19. The van der Waals surface area contributed by atoms with Crippen LogP contribution >= 0.6 is 11.3 Å². The van der Waals surface area contributed by atoms with Crippen LogP contribution in [0.25, 0.3) is 10.1 Å². The zero-order valence-electron chi connectivity index (χ0n) is 11.9. The van der Waals surface area contributed by atoms with Gasteiger partial charge in [-0.15, -0.1) is 11.3 Å². The normalized spacial score (nSPS) is 12.9. The molecule has 0 amide bonds. The zero-order chi connectivity index (χ0) is 13.5. The van der Waals surface area contributed by atoms with Gasteiger partial charge in [0.25, 0.3) is 0 Å². The van der Waals surface area contributed by atoms with E-state index in [9.17, 15) is 0 Å². The van der Waals surface area contributed by atoms with Gasteiger partial charge in [0.05, 0.1) is 0 Å². The van der Waals surface area contributed by atoms with E-state index in [1.165, 1.54) is 53.5 Å². The lowest BCUT2D eigenvalue weighted by Gasteiger charge is -2.08. The van der Waals surface area contributed by atoms with Crippen molar-refractivity contribution < 1.29 is 0 Å². The maximum absolute atomic E-state index is 6.31. The fraction of sp³-hybridized carbons (Fsp3) is 0.529. The van der Waals surface area contributed by atoms with Gasteiger partial charge in [-0.25, -0.2) is 0 Å². The van der Waals surface area contributed by atoms with Crippen LogP contribution < -0.4 is 5.73 Å². The standard InChI is InChI=1S/C17H25NS/c1-2-3-4-5-6-7-11-15(18)17-13-14-10-8-9-12-16(14)19-17/h8-10,12-13,15H,2-7,11,18H2,1H3. The van der Waals surface area contributed by atoms with E-state index in [-0.39, 0.29) is 6.04 Å². The summed E-state index contributed by atoms with van der Waals surface area (Å²) >= 11 is 1.85. The van der Waals surface area contributed by atoms with E-state index < -0.39 is 0 Å². The summed E-state index contributed by atoms with van der Waals surface area (Å²) in [6.45, 7) is 2.26. The number of nitrogens with two attached hydrogens (primary N) is 1. The lowest BCUT2D eigenvalue weighted by molar-refractivity contribution is 0.551. The number of thiophene rings is 1. The molecule has 0 saturated carbocycles. The number of unbranched alkanes of at least 4 members (excludes halogenated alkanes) is 5. The Morgan fingerprint density at radius 3 is 2.58 bits per heavy atom. The Morgan fingerprint density at radius 2 is 1.79 bits per heavy atom. The highest BCUT2D eigenvalue weighted by Gasteiger charge is 2.09. The molecule has 1 nitrogen and oxygen atoms in total. The summed E-state index contributed by atoms with van der Waals surface area (Å²) in [6, 6.07) is 11.0. The third-order valence-electron chi connectivity index (χ3n) is 3.68. The van der Waals surface area contributed by atoms with Crippen LogP contribution in [-0.4, -0.2) is 0 Å². The maximum Gasteiger partial charge on any atom is 0.0390 e. The molecule has 0 aliphatic heterocycles. The van der Waals surface area contributed by atoms with Crippen LogP contribution in [0.15, 0.2) is 30.3 Å². The predicted molar refractivity (Wildman–Crippen MR) is 86.7 cm³/mol. The van der Waals surface area contributed by atoms with Crippen LogP contribution in [0.4, 0.5) is 0 Å². The average molecular weight is 275 g/mol. The van der Waals surface area contributed by atoms with Gasteiger partial charge in [0.2, 0.25) is 0 Å². The highest BCUT2D eigenvalue weighted by atomic mass is 32.1. The monoisotopic (exact) mass is 275 g/mol. The SMILES string of the molecule is CCCCCCCCC(N)c1cc2ccccc2s1. The minimum absolute atomic E-state index is 0.226. The molecule has 2 heteroatoms. The second kappa shape index (κ2) is 7.66. The summed E-state index contributed by atoms with van der Waals surface area (Å²) in [5.41, 5.74) is 6.31. The van der Waals surface area contributed by atoms with Crippen molar-refractivity contribution in [3.05, 3.63) is 35.2 Å². The van der Waals surface area contributed by atoms with E-state index in [2.05, 4.69) is 37.3 Å². The molecule has 2 aromatic rings. The molecule has 0 spiro atoms. The quantitative estimate of drug-likeness (QED) is 0.619. The average Bonchev–Trinajstić information content (AvgIpc) is 2.86. The molecule has 1 atom stereocenters. The summed E-state index contributed by atoms with van der Waals surface area (Å²) in [5, 5.41) is 1.33. The number of benzene rings is 1. The van der Waals surface area contributed by atoms with Gasteiger partial charge >= 0.3 is 0 Å². The second-order valence-corrected chi connectivity index (χ2v) is 6.46. The van der Waals surface area contributed by atoms with Crippen molar-refractivity contribution in [2.24, 2.45) is 5.73 Å². The van der Waals surface area contributed by atoms with Gasteiger partial charge < -0.3 is 5.73 Å². The van der Waals surface area contributed by atoms with Gasteiger partial charge in [0, 0.05) is 15.6 Å². The number of rotatable bonds is 8. The molecule has 1 unspecified atom stereocenters. The number of hydrogen-bond acceptors (Lipinski definition) is 2. The van der Waals surface area contributed by atoms with Crippen LogP contribution in [-0.2, 0) is 0 Å². The van der Waals surface area contributed by atoms with Gasteiger partial charge in [-0.3, -0.25) is 0 Å². The molecular weight excluding hydrogens is 250 g/mol. The molecular formula is C17H25NS. The first kappa shape index (κ1) is 14.5. The van der Waals surface area contributed by atoms with E-state index in [1.807, 2.05) is 11.3 Å². The van der Waals surface area contributed by atoms with Crippen molar-refractivity contribution in [3.63, 3.8) is 0 Å². The van der Waals surface area contributed by atoms with E-state index in [0.717, 1.165) is 6.42 Å². The van der Waals surface area contributed by atoms with Gasteiger partial charge in [0.15, 0.2) is 0 Å². The number of hydrogen-bond donors (Lipinski definition) is 1. The zero-order valence-corrected chi connectivity index (χ0v) is 12.7. The first-order valence-corrected chi connectivity index (χ1v) is 8.37. The lowest BCUT2D eigenvalue weighted by atomic mass is 10.0. The van der Waals surface area contributed by atoms with Crippen LogP contribution in [0, 0.1) is 0 Å². The van der Waals surface area contributed by atoms with Crippen LogP contribution in [0.3, 0.4) is 0 Å². The summed E-state index contributed by atoms with van der Waals surface area (Å²) in [6.07, 6.45) is 9.17. The van der Waals surface area contributed by atoms with Crippen molar-refractivity contribution >= 4 is 21.4 Å². The van der Waals surface area contributed by atoms with Gasteiger partial charge in [-0.2, -0.15) is 0 Å². The van der Waals surface area contributed by atoms with E-state index in [1.54, 1.807) is 0 Å². The van der Waals surface area contributed by atoms with Crippen molar-refractivity contribution in [1.82, 2.24) is 0 Å². The predicted octanol–water partition coefficient (Wildman–Crippen LogP) is 5.65. The van der Waals surface area contributed by atoms with E-state index in [0.29, 0.717) is 0 Å². The first-order valence-electron chi connectivity index (χ1n) is 7.55. The van der Waals surface area contributed by atoms with Gasteiger partial charge in [0.1, 0.15) is 0 Å². The topological polar surface area (TPSA) is 26.0 Å². The molecule has 19 heavy (non-hydrogen) atoms. The summed E-state index contributed by atoms with van der Waals surface area (Å²) in [4.78, 5) is 1.34. The molecule has 0 aliphatic rings. The Kier molecular flexibility index (Phi) is 5.87. The lowest BCUT2D eigenvalue weighted by Crippen LogP contribution is -2.08. The van der Waals surface area contributed by atoms with Gasteiger partial charge in [-0.05, 0) is 23.9 Å². The largest absolute Gasteiger partial charge is 0.323 e. The molecule has 1 aromatic carbocycles. The van der Waals surface area contributed by atoms with Gasteiger partial charge in [-0.1, -0.05) is 63.6 Å². The summed E-state index contributed by atoms with van der Waals surface area (Å²) in [7, 11) is 0. The molecule has 0 fully saturated rings. The highest BCUT2D eigenvalue weighted by Crippen LogP contribution is 2.30. The molecule has 1 heterocycles. The third-order valence-corrected chi connectivity index (χ3v) is 4.93. The molecule has 2 N–H and O–H groups in total. The molecule has 0 bridgehead atoms. The summed E-state index contributed by atoms with van der Waals surface area (Å²) in [5.74, 6) is 0. The Bertz CT molecular complexity index is 456. The first-order chi connectivity index (χ1) is 9.31. The Hall–Kier alpha value is -0.860. The van der Waals surface area contributed by atoms with Crippen LogP contribution in [0.2, 0.25) is 0 Å². The van der Waals surface area contributed by atoms with Crippen molar-refractivity contribution in [1.29, 1.82) is 0 Å². The fourth-order valence-electron chi connectivity index (χ4n) is 2.47. The minimum atomic E-state index is 0.226. The number of fused-ring (bicyclic) bond motifs is 1. The minimum Gasteiger partial charge on any atom is -0.323 e. The molecule has 1 aromatic heterocycles. The van der Waals surface area contributed by atoms with Crippen LogP contribution in [0.1, 0.15) is 62.8 Å². The smallest absolute Gasteiger partial charge is 0.0390 e. The van der Waals surface area contributed by atoms with Crippen molar-refractivity contribution in [2.45, 2.75) is 57.9 Å². The van der Waals surface area contributed by atoms with Crippen molar-refractivity contribution in [2.75, 3.05) is 0 Å².